The Hall–Kier alpha value is -1.65. The first kappa shape index (κ1) is 11.8. The van der Waals surface area contributed by atoms with Gasteiger partial charge in [-0.25, -0.2) is 4.98 Å². The number of benzene rings is 1. The van der Waals surface area contributed by atoms with Crippen LogP contribution in [0.15, 0.2) is 24.3 Å². The molecule has 0 fully saturated rings. The van der Waals surface area contributed by atoms with Crippen LogP contribution in [0, 0.1) is 18.3 Å². The van der Waals surface area contributed by atoms with E-state index in [0.29, 0.717) is 5.69 Å². The van der Waals surface area contributed by atoms with Gasteiger partial charge in [-0.3, -0.25) is 0 Å². The van der Waals surface area contributed by atoms with Crippen LogP contribution < -0.4 is 5.30 Å². The summed E-state index contributed by atoms with van der Waals surface area (Å²) in [5.41, 5.74) is 2.13. The summed E-state index contributed by atoms with van der Waals surface area (Å²) in [5, 5.41) is 10.6. The number of pyridine rings is 1. The van der Waals surface area contributed by atoms with Gasteiger partial charge in [0.1, 0.15) is 18.9 Å². The molecule has 3 nitrogen and oxygen atoms in total. The minimum atomic E-state index is -2.35. The van der Waals surface area contributed by atoms with Crippen LogP contribution >= 0.6 is 7.14 Å². The zero-order valence-electron chi connectivity index (χ0n) is 10.1. The van der Waals surface area contributed by atoms with Crippen molar-refractivity contribution in [1.82, 2.24) is 4.98 Å². The van der Waals surface area contributed by atoms with Crippen LogP contribution in [0.3, 0.4) is 0 Å². The Bertz CT molecular complexity index is 680. The van der Waals surface area contributed by atoms with E-state index in [2.05, 4.69) is 4.98 Å². The van der Waals surface area contributed by atoms with Crippen molar-refractivity contribution in [3.8, 4) is 6.07 Å². The molecular weight excluding hydrogens is 231 g/mol. The lowest BCUT2D eigenvalue weighted by atomic mass is 10.1. The lowest BCUT2D eigenvalue weighted by Crippen LogP contribution is -2.09. The normalized spacial score (nSPS) is 11.4. The highest BCUT2D eigenvalue weighted by Gasteiger charge is 2.18. The zero-order valence-corrected chi connectivity index (χ0v) is 11.0. The van der Waals surface area contributed by atoms with Crippen molar-refractivity contribution in [2.45, 2.75) is 6.92 Å². The molecule has 0 N–H and O–H groups in total. The molecule has 86 valence electrons. The van der Waals surface area contributed by atoms with Crippen LogP contribution in [-0.2, 0) is 4.57 Å². The van der Waals surface area contributed by atoms with Gasteiger partial charge in [0.2, 0.25) is 0 Å². The molecule has 2 aromatic rings. The lowest BCUT2D eigenvalue weighted by Gasteiger charge is -2.13. The standard InChI is InChI=1S/C13H13N2OP/c1-9-4-7-12-11(13(9)17(2,3)16)6-5-10(8-14)15-12/h4-7H,1-3H3. The van der Waals surface area contributed by atoms with E-state index < -0.39 is 7.14 Å². The zero-order chi connectivity index (χ0) is 12.6. The first-order chi connectivity index (χ1) is 7.93. The third kappa shape index (κ3) is 2.09. The van der Waals surface area contributed by atoms with E-state index in [1.165, 1.54) is 0 Å². The van der Waals surface area contributed by atoms with Crippen LogP contribution in [0.25, 0.3) is 10.9 Å². The highest BCUT2D eigenvalue weighted by molar-refractivity contribution is 7.70. The molecule has 1 aromatic carbocycles. The fraction of sp³-hybridized carbons (Fsp3) is 0.231. The molecule has 0 spiro atoms. The highest BCUT2D eigenvalue weighted by Crippen LogP contribution is 2.38. The van der Waals surface area contributed by atoms with Crippen LogP contribution in [0.1, 0.15) is 11.3 Å². The molecule has 0 unspecified atom stereocenters. The number of rotatable bonds is 1. The third-order valence-corrected chi connectivity index (χ3v) is 4.37. The van der Waals surface area contributed by atoms with Gasteiger partial charge in [-0.15, -0.1) is 0 Å². The molecule has 0 bridgehead atoms. The van der Waals surface area contributed by atoms with Crippen molar-refractivity contribution < 1.29 is 4.57 Å². The Morgan fingerprint density at radius 2 is 1.94 bits per heavy atom. The predicted octanol–water partition coefficient (Wildman–Crippen LogP) is 2.66. The van der Waals surface area contributed by atoms with E-state index in [4.69, 9.17) is 5.26 Å². The number of aryl methyl sites for hydroxylation is 1. The molecular formula is C13H13N2OP. The van der Waals surface area contributed by atoms with E-state index in [1.54, 1.807) is 19.4 Å². The molecule has 2 rings (SSSR count). The number of nitrogens with zero attached hydrogens (tertiary/aromatic N) is 2. The maximum Gasteiger partial charge on any atom is 0.141 e. The van der Waals surface area contributed by atoms with Crippen molar-refractivity contribution in [2.75, 3.05) is 13.3 Å². The maximum atomic E-state index is 12.3. The second kappa shape index (κ2) is 3.98. The van der Waals surface area contributed by atoms with E-state index in [-0.39, 0.29) is 0 Å². The van der Waals surface area contributed by atoms with E-state index >= 15 is 0 Å². The lowest BCUT2D eigenvalue weighted by molar-refractivity contribution is 0.588. The monoisotopic (exact) mass is 244 g/mol. The van der Waals surface area contributed by atoms with Gasteiger partial charge in [0.25, 0.3) is 0 Å². The quantitative estimate of drug-likeness (QED) is 0.724. The summed E-state index contributed by atoms with van der Waals surface area (Å²) in [4.78, 5) is 4.23. The van der Waals surface area contributed by atoms with Crippen molar-refractivity contribution in [3.05, 3.63) is 35.5 Å². The Morgan fingerprint density at radius 3 is 2.53 bits per heavy atom. The van der Waals surface area contributed by atoms with Crippen LogP contribution in [0.4, 0.5) is 0 Å². The van der Waals surface area contributed by atoms with Gasteiger partial charge in [0.15, 0.2) is 0 Å². The molecule has 0 saturated carbocycles. The third-order valence-electron chi connectivity index (χ3n) is 2.70. The van der Waals surface area contributed by atoms with E-state index in [9.17, 15) is 4.57 Å². The van der Waals surface area contributed by atoms with Crippen molar-refractivity contribution in [2.24, 2.45) is 0 Å². The minimum Gasteiger partial charge on any atom is -0.319 e. The Kier molecular flexibility index (Phi) is 2.77. The van der Waals surface area contributed by atoms with Crippen molar-refractivity contribution >= 4 is 23.3 Å². The predicted molar refractivity (Wildman–Crippen MR) is 70.3 cm³/mol. The average molecular weight is 244 g/mol. The summed E-state index contributed by atoms with van der Waals surface area (Å²) in [6.45, 7) is 5.46. The van der Waals surface area contributed by atoms with Gasteiger partial charge < -0.3 is 4.57 Å². The second-order valence-corrected chi connectivity index (χ2v) is 7.61. The summed E-state index contributed by atoms with van der Waals surface area (Å²) in [7, 11) is -2.35. The number of nitriles is 1. The van der Waals surface area contributed by atoms with Gasteiger partial charge in [0.05, 0.1) is 5.52 Å². The molecule has 17 heavy (non-hydrogen) atoms. The van der Waals surface area contributed by atoms with E-state index in [1.807, 2.05) is 31.2 Å². The first-order valence-electron chi connectivity index (χ1n) is 5.29. The molecule has 0 aliphatic carbocycles. The van der Waals surface area contributed by atoms with Crippen LogP contribution in [-0.4, -0.2) is 18.3 Å². The van der Waals surface area contributed by atoms with Gasteiger partial charge in [-0.05, 0) is 44.0 Å². The number of hydrogen-bond acceptors (Lipinski definition) is 3. The summed E-state index contributed by atoms with van der Waals surface area (Å²) >= 11 is 0. The molecule has 0 radical (unpaired) electrons. The fourth-order valence-corrected chi connectivity index (χ4v) is 3.77. The Morgan fingerprint density at radius 1 is 1.24 bits per heavy atom. The second-order valence-electron chi connectivity index (χ2n) is 4.46. The summed E-state index contributed by atoms with van der Waals surface area (Å²) in [6, 6.07) is 9.29. The number of aromatic nitrogens is 1. The SMILES string of the molecule is Cc1ccc2nc(C#N)ccc2c1P(C)(C)=O. The number of fused-ring (bicyclic) bond motifs is 1. The van der Waals surface area contributed by atoms with Crippen LogP contribution in [0.5, 0.6) is 0 Å². The smallest absolute Gasteiger partial charge is 0.141 e. The Labute approximate surface area is 100 Å². The maximum absolute atomic E-state index is 12.3. The van der Waals surface area contributed by atoms with Gasteiger partial charge in [-0.1, -0.05) is 6.07 Å². The first-order valence-corrected chi connectivity index (χ1v) is 7.89. The van der Waals surface area contributed by atoms with E-state index in [0.717, 1.165) is 21.8 Å². The Balaban J connectivity index is 2.89. The van der Waals surface area contributed by atoms with Crippen molar-refractivity contribution in [3.63, 3.8) is 0 Å². The topological polar surface area (TPSA) is 53.8 Å². The van der Waals surface area contributed by atoms with Gasteiger partial charge in [0, 0.05) is 10.7 Å². The highest BCUT2D eigenvalue weighted by atomic mass is 31.2. The molecule has 1 heterocycles. The van der Waals surface area contributed by atoms with Crippen LogP contribution in [0.2, 0.25) is 0 Å². The molecule has 0 aliphatic rings. The molecule has 4 heteroatoms. The molecule has 0 atom stereocenters. The molecule has 0 aliphatic heterocycles. The van der Waals surface area contributed by atoms with Crippen molar-refractivity contribution in [1.29, 1.82) is 5.26 Å². The molecule has 1 aromatic heterocycles. The van der Waals surface area contributed by atoms with Gasteiger partial charge in [-0.2, -0.15) is 5.26 Å². The largest absolute Gasteiger partial charge is 0.319 e. The average Bonchev–Trinajstić information content (AvgIpc) is 2.26. The minimum absolute atomic E-state index is 0.384. The fourth-order valence-electron chi connectivity index (χ4n) is 2.07. The molecule has 0 saturated heterocycles. The number of hydrogen-bond donors (Lipinski definition) is 0. The summed E-state index contributed by atoms with van der Waals surface area (Å²) in [5.74, 6) is 0. The van der Waals surface area contributed by atoms with Gasteiger partial charge >= 0.3 is 0 Å². The summed E-state index contributed by atoms with van der Waals surface area (Å²) < 4.78 is 12.3. The summed E-state index contributed by atoms with van der Waals surface area (Å²) in [6.07, 6.45) is 0. The molecule has 0 amide bonds.